The molecule has 0 spiro atoms. The maximum atomic E-state index is 9.87. The zero-order chi connectivity index (χ0) is 14.9. The fourth-order valence-electron chi connectivity index (χ4n) is 2.40. The molecule has 2 rings (SSSR count). The number of phenols is 1. The molecule has 0 saturated heterocycles. The lowest BCUT2D eigenvalue weighted by Gasteiger charge is -2.13. The van der Waals surface area contributed by atoms with Gasteiger partial charge in [-0.25, -0.2) is 0 Å². The van der Waals surface area contributed by atoms with E-state index in [9.17, 15) is 5.11 Å². The first-order chi connectivity index (χ1) is 9.38. The molecule has 3 heteroatoms. The normalized spacial score (nSPS) is 11.1. The molecule has 2 nitrogen and oxygen atoms in total. The standard InChI is InChI=1S/C17H20ClNO/c1-10(2)14-7-12(4-5-17(14)20)8-15-11(3)6-13(19)9-16(15)18/h4-7,9-10,20H,8,19H2,1-3H3. The third-order valence-corrected chi connectivity index (χ3v) is 3.87. The highest BCUT2D eigenvalue weighted by Crippen LogP contribution is 2.30. The second kappa shape index (κ2) is 5.76. The van der Waals surface area contributed by atoms with E-state index in [1.807, 2.05) is 25.1 Å². The van der Waals surface area contributed by atoms with E-state index in [0.717, 1.165) is 28.7 Å². The van der Waals surface area contributed by atoms with Crippen molar-refractivity contribution in [1.82, 2.24) is 0 Å². The fourth-order valence-corrected chi connectivity index (χ4v) is 2.75. The Bertz CT molecular complexity index is 612. The number of aryl methyl sites for hydroxylation is 1. The van der Waals surface area contributed by atoms with Crippen LogP contribution in [0.1, 0.15) is 42.0 Å². The number of aromatic hydroxyl groups is 1. The summed E-state index contributed by atoms with van der Waals surface area (Å²) in [5.74, 6) is 0.641. The number of rotatable bonds is 3. The highest BCUT2D eigenvalue weighted by molar-refractivity contribution is 6.31. The Morgan fingerprint density at radius 2 is 1.90 bits per heavy atom. The molecule has 0 amide bonds. The van der Waals surface area contributed by atoms with E-state index in [4.69, 9.17) is 17.3 Å². The Balaban J connectivity index is 2.38. The van der Waals surface area contributed by atoms with Crippen molar-refractivity contribution in [1.29, 1.82) is 0 Å². The fraction of sp³-hybridized carbons (Fsp3) is 0.294. The number of halogens is 1. The minimum Gasteiger partial charge on any atom is -0.508 e. The molecule has 0 bridgehead atoms. The van der Waals surface area contributed by atoms with Gasteiger partial charge in [-0.1, -0.05) is 37.6 Å². The summed E-state index contributed by atoms with van der Waals surface area (Å²) in [6.45, 7) is 6.15. The molecule has 0 radical (unpaired) electrons. The smallest absolute Gasteiger partial charge is 0.119 e. The topological polar surface area (TPSA) is 46.2 Å². The first kappa shape index (κ1) is 14.7. The summed E-state index contributed by atoms with van der Waals surface area (Å²) in [4.78, 5) is 0. The van der Waals surface area contributed by atoms with Crippen LogP contribution in [0, 0.1) is 6.92 Å². The second-order valence-electron chi connectivity index (χ2n) is 5.52. The summed E-state index contributed by atoms with van der Waals surface area (Å²) in [5.41, 5.74) is 10.8. The van der Waals surface area contributed by atoms with Crippen LogP contribution in [0.5, 0.6) is 5.75 Å². The van der Waals surface area contributed by atoms with Crippen LogP contribution in [-0.4, -0.2) is 5.11 Å². The van der Waals surface area contributed by atoms with E-state index in [1.54, 1.807) is 12.1 Å². The van der Waals surface area contributed by atoms with Crippen LogP contribution in [0.2, 0.25) is 5.02 Å². The number of hydrogen-bond donors (Lipinski definition) is 2. The minimum atomic E-state index is 0.290. The Labute approximate surface area is 125 Å². The van der Waals surface area contributed by atoms with Crippen LogP contribution in [0.15, 0.2) is 30.3 Å². The molecule has 0 heterocycles. The molecule has 0 atom stereocenters. The van der Waals surface area contributed by atoms with Gasteiger partial charge in [0.25, 0.3) is 0 Å². The molecule has 20 heavy (non-hydrogen) atoms. The van der Waals surface area contributed by atoms with E-state index >= 15 is 0 Å². The van der Waals surface area contributed by atoms with Gasteiger partial charge in [0, 0.05) is 10.7 Å². The molecule has 0 saturated carbocycles. The van der Waals surface area contributed by atoms with Crippen LogP contribution in [0.25, 0.3) is 0 Å². The molecule has 2 aromatic rings. The lowest BCUT2D eigenvalue weighted by molar-refractivity contribution is 0.464. The van der Waals surface area contributed by atoms with Crippen LogP contribution in [0.4, 0.5) is 5.69 Å². The zero-order valence-corrected chi connectivity index (χ0v) is 12.8. The second-order valence-corrected chi connectivity index (χ2v) is 5.93. The van der Waals surface area contributed by atoms with Crippen molar-refractivity contribution in [3.63, 3.8) is 0 Å². The average Bonchev–Trinajstić information content (AvgIpc) is 2.35. The number of nitrogen functional groups attached to an aromatic ring is 1. The van der Waals surface area contributed by atoms with E-state index < -0.39 is 0 Å². The average molecular weight is 290 g/mol. The zero-order valence-electron chi connectivity index (χ0n) is 12.1. The van der Waals surface area contributed by atoms with Crippen molar-refractivity contribution >= 4 is 17.3 Å². The Kier molecular flexibility index (Phi) is 4.24. The number of nitrogens with two attached hydrogens (primary N) is 1. The quantitative estimate of drug-likeness (QED) is 0.808. The van der Waals surface area contributed by atoms with Gasteiger partial charge >= 0.3 is 0 Å². The summed E-state index contributed by atoms with van der Waals surface area (Å²) in [7, 11) is 0. The Morgan fingerprint density at radius 3 is 2.50 bits per heavy atom. The number of hydrogen-bond acceptors (Lipinski definition) is 2. The monoisotopic (exact) mass is 289 g/mol. The predicted octanol–water partition coefficient (Wildman–Crippen LogP) is 4.65. The van der Waals surface area contributed by atoms with Gasteiger partial charge in [-0.3, -0.25) is 0 Å². The molecule has 2 aromatic carbocycles. The van der Waals surface area contributed by atoms with Crippen molar-refractivity contribution < 1.29 is 5.11 Å². The van der Waals surface area contributed by atoms with Crippen molar-refractivity contribution in [3.05, 3.63) is 57.6 Å². The highest BCUT2D eigenvalue weighted by atomic mass is 35.5. The van der Waals surface area contributed by atoms with Gasteiger partial charge in [0.2, 0.25) is 0 Å². The van der Waals surface area contributed by atoms with Crippen molar-refractivity contribution in [2.75, 3.05) is 5.73 Å². The Hall–Kier alpha value is -1.67. The number of benzene rings is 2. The molecule has 0 aliphatic carbocycles. The van der Waals surface area contributed by atoms with Crippen molar-refractivity contribution in [2.45, 2.75) is 33.1 Å². The minimum absolute atomic E-state index is 0.290. The molecule has 0 aromatic heterocycles. The van der Waals surface area contributed by atoms with Gasteiger partial charge < -0.3 is 10.8 Å². The third-order valence-electron chi connectivity index (χ3n) is 3.54. The maximum Gasteiger partial charge on any atom is 0.119 e. The van der Waals surface area contributed by atoms with Gasteiger partial charge in [-0.05, 0) is 59.7 Å². The molecule has 0 aliphatic heterocycles. The summed E-state index contributed by atoms with van der Waals surface area (Å²) >= 11 is 6.29. The lowest BCUT2D eigenvalue weighted by Crippen LogP contribution is -1.98. The molecule has 106 valence electrons. The van der Waals surface area contributed by atoms with Gasteiger partial charge in [0.15, 0.2) is 0 Å². The SMILES string of the molecule is Cc1cc(N)cc(Cl)c1Cc1ccc(O)c(C(C)C)c1. The predicted molar refractivity (Wildman–Crippen MR) is 85.6 cm³/mol. The van der Waals surface area contributed by atoms with Crippen molar-refractivity contribution in [2.24, 2.45) is 0 Å². The summed E-state index contributed by atoms with van der Waals surface area (Å²) < 4.78 is 0. The summed E-state index contributed by atoms with van der Waals surface area (Å²) in [6, 6.07) is 9.46. The van der Waals surface area contributed by atoms with E-state index in [2.05, 4.69) is 13.8 Å². The summed E-state index contributed by atoms with van der Waals surface area (Å²) in [6.07, 6.45) is 0.741. The van der Waals surface area contributed by atoms with Gasteiger partial charge in [-0.15, -0.1) is 0 Å². The number of anilines is 1. The van der Waals surface area contributed by atoms with Crippen LogP contribution >= 0.6 is 11.6 Å². The summed E-state index contributed by atoms with van der Waals surface area (Å²) in [5, 5.41) is 10.6. The van der Waals surface area contributed by atoms with Crippen molar-refractivity contribution in [3.8, 4) is 5.75 Å². The lowest BCUT2D eigenvalue weighted by atomic mass is 9.95. The maximum absolute atomic E-state index is 9.87. The van der Waals surface area contributed by atoms with Gasteiger partial charge in [0.1, 0.15) is 5.75 Å². The molecular formula is C17H20ClNO. The van der Waals surface area contributed by atoms with Crippen LogP contribution in [0.3, 0.4) is 0 Å². The van der Waals surface area contributed by atoms with Gasteiger partial charge in [-0.2, -0.15) is 0 Å². The van der Waals surface area contributed by atoms with E-state index in [1.165, 1.54) is 0 Å². The number of phenolic OH excluding ortho intramolecular Hbond substituents is 1. The van der Waals surface area contributed by atoms with Crippen LogP contribution < -0.4 is 5.73 Å². The molecule has 0 fully saturated rings. The van der Waals surface area contributed by atoms with E-state index in [0.29, 0.717) is 16.5 Å². The first-order valence-corrected chi connectivity index (χ1v) is 7.12. The highest BCUT2D eigenvalue weighted by Gasteiger charge is 2.10. The Morgan fingerprint density at radius 1 is 1.20 bits per heavy atom. The third kappa shape index (κ3) is 3.07. The largest absolute Gasteiger partial charge is 0.508 e. The molecule has 0 aliphatic rings. The van der Waals surface area contributed by atoms with Gasteiger partial charge in [0.05, 0.1) is 0 Å². The molecule has 3 N–H and O–H groups in total. The van der Waals surface area contributed by atoms with Crippen LogP contribution in [-0.2, 0) is 6.42 Å². The van der Waals surface area contributed by atoms with E-state index in [-0.39, 0.29) is 5.92 Å². The molecular weight excluding hydrogens is 270 g/mol. The first-order valence-electron chi connectivity index (χ1n) is 6.74. The molecule has 0 unspecified atom stereocenters.